The van der Waals surface area contributed by atoms with E-state index in [4.69, 9.17) is 0 Å². The van der Waals surface area contributed by atoms with Crippen LogP contribution in [0.5, 0.6) is 5.75 Å². The number of halogens is 4. The Morgan fingerprint density at radius 3 is 2.35 bits per heavy atom. The number of hydrogen-bond acceptors (Lipinski definition) is 3. The van der Waals surface area contributed by atoms with E-state index in [1.807, 2.05) is 0 Å². The van der Waals surface area contributed by atoms with E-state index in [2.05, 4.69) is 10.1 Å². The van der Waals surface area contributed by atoms with E-state index in [9.17, 15) is 22.4 Å². The zero-order valence-corrected chi connectivity index (χ0v) is 12.3. The molecule has 23 heavy (non-hydrogen) atoms. The van der Waals surface area contributed by atoms with Crippen LogP contribution < -0.4 is 10.1 Å². The van der Waals surface area contributed by atoms with Crippen molar-refractivity contribution in [1.82, 2.24) is 0 Å². The molecule has 0 aliphatic rings. The van der Waals surface area contributed by atoms with E-state index in [0.717, 1.165) is 0 Å². The number of amides is 1. The molecular weight excluding hydrogens is 334 g/mol. The lowest BCUT2D eigenvalue weighted by Crippen LogP contribution is -2.12. The molecule has 2 aromatic rings. The maximum atomic E-state index is 12.2. The van der Waals surface area contributed by atoms with Gasteiger partial charge < -0.3 is 10.1 Å². The van der Waals surface area contributed by atoms with Crippen LogP contribution in [0, 0.1) is 0 Å². The number of carbonyl (C=O) groups excluding carboxylic acids is 1. The molecule has 0 saturated heterocycles. The molecule has 0 aliphatic carbocycles. The van der Waals surface area contributed by atoms with Crippen molar-refractivity contribution in [2.45, 2.75) is 17.3 Å². The summed E-state index contributed by atoms with van der Waals surface area (Å²) >= 11 is 0.396. The monoisotopic (exact) mass is 345 g/mol. The number of anilines is 1. The first-order valence-corrected chi connectivity index (χ1v) is 7.23. The molecule has 8 heteroatoms. The summed E-state index contributed by atoms with van der Waals surface area (Å²) < 4.78 is 52.9. The van der Waals surface area contributed by atoms with Gasteiger partial charge in [-0.3, -0.25) is 4.79 Å². The summed E-state index contributed by atoms with van der Waals surface area (Å²) in [6.07, 6.45) is 0. The zero-order chi connectivity index (χ0) is 16.8. The Morgan fingerprint density at radius 2 is 1.74 bits per heavy atom. The Bertz CT molecular complexity index is 665. The minimum Gasteiger partial charge on any atom is -0.435 e. The van der Waals surface area contributed by atoms with Crippen molar-refractivity contribution < 1.29 is 27.1 Å². The van der Waals surface area contributed by atoms with Crippen molar-refractivity contribution in [3.63, 3.8) is 0 Å². The Hall–Kier alpha value is -2.22. The largest absolute Gasteiger partial charge is 0.435 e. The molecule has 0 unspecified atom stereocenters. The fourth-order valence-electron chi connectivity index (χ4n) is 1.74. The summed E-state index contributed by atoms with van der Waals surface area (Å²) in [4.78, 5) is 12.4. The molecule has 0 saturated carbocycles. The van der Waals surface area contributed by atoms with Gasteiger partial charge in [0, 0.05) is 16.1 Å². The molecule has 2 aromatic carbocycles. The third-order valence-electron chi connectivity index (χ3n) is 2.66. The number of thioether (sulfide) groups is 1. The predicted octanol–water partition coefficient (Wildman–Crippen LogP) is 4.86. The van der Waals surface area contributed by atoms with Gasteiger partial charge in [0.05, 0.1) is 0 Å². The number of nitrogens with one attached hydrogen (secondary N) is 1. The van der Waals surface area contributed by atoms with Gasteiger partial charge in [0.15, 0.2) is 0 Å². The summed E-state index contributed by atoms with van der Waals surface area (Å²) in [5, 5.41) is 2.54. The summed E-state index contributed by atoms with van der Waals surface area (Å²) in [7, 11) is 0. The van der Waals surface area contributed by atoms with Gasteiger partial charge >= 0.3 is 6.61 Å². The van der Waals surface area contributed by atoms with Crippen molar-refractivity contribution >= 4 is 23.4 Å². The van der Waals surface area contributed by atoms with E-state index in [1.54, 1.807) is 0 Å². The maximum absolute atomic E-state index is 12.2. The first-order chi connectivity index (χ1) is 10.9. The van der Waals surface area contributed by atoms with Gasteiger partial charge in [0.1, 0.15) is 5.75 Å². The first kappa shape index (κ1) is 17.1. The van der Waals surface area contributed by atoms with E-state index in [0.29, 0.717) is 22.3 Å². The molecule has 0 aromatic heterocycles. The smallest absolute Gasteiger partial charge is 0.387 e. The van der Waals surface area contributed by atoms with Gasteiger partial charge in [-0.1, -0.05) is 17.8 Å². The highest BCUT2D eigenvalue weighted by molar-refractivity contribution is 7.99. The van der Waals surface area contributed by atoms with Crippen LogP contribution in [0.25, 0.3) is 0 Å². The van der Waals surface area contributed by atoms with E-state index >= 15 is 0 Å². The van der Waals surface area contributed by atoms with Crippen molar-refractivity contribution in [3.8, 4) is 5.75 Å². The molecule has 0 radical (unpaired) electrons. The lowest BCUT2D eigenvalue weighted by molar-refractivity contribution is -0.0498. The second-order valence-electron chi connectivity index (χ2n) is 4.26. The number of benzene rings is 2. The average molecular weight is 345 g/mol. The second-order valence-corrected chi connectivity index (χ2v) is 5.33. The van der Waals surface area contributed by atoms with Gasteiger partial charge in [0.25, 0.3) is 11.7 Å². The fraction of sp³-hybridized carbons (Fsp3) is 0.133. The van der Waals surface area contributed by atoms with Crippen LogP contribution in [-0.4, -0.2) is 18.3 Å². The fourth-order valence-corrected chi connectivity index (χ4v) is 2.24. The predicted molar refractivity (Wildman–Crippen MR) is 79.3 cm³/mol. The van der Waals surface area contributed by atoms with Gasteiger partial charge in [-0.25, -0.2) is 0 Å². The van der Waals surface area contributed by atoms with Crippen LogP contribution in [0.3, 0.4) is 0 Å². The third-order valence-corrected chi connectivity index (χ3v) is 3.38. The van der Waals surface area contributed by atoms with Gasteiger partial charge in [-0.05, 0) is 42.5 Å². The van der Waals surface area contributed by atoms with Crippen molar-refractivity contribution in [2.75, 3.05) is 5.32 Å². The molecular formula is C15H11F4NO2S. The Kier molecular flexibility index (Phi) is 5.86. The number of hydrogen-bond donors (Lipinski definition) is 1. The molecule has 0 bridgehead atoms. The number of rotatable bonds is 6. The van der Waals surface area contributed by atoms with Crippen LogP contribution in [0.1, 0.15) is 10.4 Å². The molecule has 0 heterocycles. The molecule has 3 nitrogen and oxygen atoms in total. The molecule has 0 atom stereocenters. The minimum absolute atomic E-state index is 0.128. The zero-order valence-electron chi connectivity index (χ0n) is 11.5. The van der Waals surface area contributed by atoms with Crippen LogP contribution >= 0.6 is 11.8 Å². The Balaban J connectivity index is 2.04. The van der Waals surface area contributed by atoms with E-state index < -0.39 is 18.3 Å². The van der Waals surface area contributed by atoms with E-state index in [-0.39, 0.29) is 11.3 Å². The Labute approximate surface area is 133 Å². The topological polar surface area (TPSA) is 38.3 Å². The SMILES string of the molecule is O=C(Nc1ccc(SC(F)F)cc1)c1cccc(OC(F)F)c1. The number of ether oxygens (including phenoxy) is 1. The summed E-state index contributed by atoms with van der Waals surface area (Å²) in [6, 6.07) is 11.2. The van der Waals surface area contributed by atoms with Crippen molar-refractivity contribution in [3.05, 3.63) is 54.1 Å². The maximum Gasteiger partial charge on any atom is 0.387 e. The standard InChI is InChI=1S/C15H11F4NO2S/c16-14(17)22-11-3-1-2-9(8-11)13(21)20-10-4-6-12(7-5-10)23-15(18)19/h1-8,14-15H,(H,20,21). The molecule has 0 fully saturated rings. The van der Waals surface area contributed by atoms with Crippen molar-refractivity contribution in [2.24, 2.45) is 0 Å². The summed E-state index contributed by atoms with van der Waals surface area (Å²) in [6.45, 7) is -2.98. The molecule has 2 rings (SSSR count). The molecule has 122 valence electrons. The average Bonchev–Trinajstić information content (AvgIpc) is 2.48. The van der Waals surface area contributed by atoms with Gasteiger partial charge in [-0.15, -0.1) is 0 Å². The van der Waals surface area contributed by atoms with E-state index in [1.165, 1.54) is 48.5 Å². The van der Waals surface area contributed by atoms with Crippen LogP contribution in [-0.2, 0) is 0 Å². The van der Waals surface area contributed by atoms with Crippen molar-refractivity contribution in [1.29, 1.82) is 0 Å². The highest BCUT2D eigenvalue weighted by Crippen LogP contribution is 2.26. The minimum atomic E-state index is -2.98. The number of alkyl halides is 4. The quantitative estimate of drug-likeness (QED) is 0.600. The van der Waals surface area contributed by atoms with Gasteiger partial charge in [0.2, 0.25) is 0 Å². The van der Waals surface area contributed by atoms with Gasteiger partial charge in [-0.2, -0.15) is 17.6 Å². The number of carbonyl (C=O) groups is 1. The molecule has 1 N–H and O–H groups in total. The summed E-state index contributed by atoms with van der Waals surface area (Å²) in [5.74, 6) is -3.18. The normalized spacial score (nSPS) is 10.9. The lowest BCUT2D eigenvalue weighted by atomic mass is 10.2. The summed E-state index contributed by atoms with van der Waals surface area (Å²) in [5.41, 5.74) is 0.531. The van der Waals surface area contributed by atoms with Crippen LogP contribution in [0.4, 0.5) is 23.2 Å². The third kappa shape index (κ3) is 5.48. The van der Waals surface area contributed by atoms with Crippen LogP contribution in [0.2, 0.25) is 0 Å². The second kappa shape index (κ2) is 7.87. The molecule has 0 spiro atoms. The Morgan fingerprint density at radius 1 is 1.04 bits per heavy atom. The lowest BCUT2D eigenvalue weighted by Gasteiger charge is -2.08. The highest BCUT2D eigenvalue weighted by atomic mass is 32.2. The first-order valence-electron chi connectivity index (χ1n) is 6.35. The molecule has 0 aliphatic heterocycles. The molecule has 1 amide bonds. The van der Waals surface area contributed by atoms with Crippen LogP contribution in [0.15, 0.2) is 53.4 Å². The highest BCUT2D eigenvalue weighted by Gasteiger charge is 2.10.